The van der Waals surface area contributed by atoms with E-state index in [0.29, 0.717) is 0 Å². The second-order valence-electron chi connectivity index (χ2n) is 3.88. The fourth-order valence-corrected chi connectivity index (χ4v) is 1.28. The summed E-state index contributed by atoms with van der Waals surface area (Å²) in [5, 5.41) is 8.95. The van der Waals surface area contributed by atoms with Crippen LogP contribution in [0.2, 0.25) is 0 Å². The second kappa shape index (κ2) is 4.98. The van der Waals surface area contributed by atoms with Crippen molar-refractivity contribution in [1.82, 2.24) is 0 Å². The van der Waals surface area contributed by atoms with Gasteiger partial charge in [0.25, 0.3) is 0 Å². The zero-order chi connectivity index (χ0) is 9.61. The Balaban J connectivity index is 3.98. The van der Waals surface area contributed by atoms with E-state index in [4.69, 9.17) is 5.26 Å². The predicted molar refractivity (Wildman–Crippen MR) is 52.7 cm³/mol. The average Bonchev–Trinajstić information content (AvgIpc) is 2.02. The van der Waals surface area contributed by atoms with Crippen molar-refractivity contribution in [3.8, 4) is 6.07 Å². The van der Waals surface area contributed by atoms with Crippen molar-refractivity contribution in [2.24, 2.45) is 5.41 Å². The van der Waals surface area contributed by atoms with Gasteiger partial charge in [-0.25, -0.2) is 0 Å². The topological polar surface area (TPSA) is 23.8 Å². The van der Waals surface area contributed by atoms with E-state index in [9.17, 15) is 0 Å². The highest BCUT2D eigenvalue weighted by atomic mass is 14.3. The molecule has 0 saturated heterocycles. The van der Waals surface area contributed by atoms with Crippen LogP contribution in [0.15, 0.2) is 12.2 Å². The molecule has 0 fully saturated rings. The molecule has 0 saturated carbocycles. The SMILES string of the molecule is C=C(C)CCC(C)(C#N)CCC. The maximum absolute atomic E-state index is 8.95. The highest BCUT2D eigenvalue weighted by molar-refractivity contribution is 4.99. The number of hydrogen-bond acceptors (Lipinski definition) is 1. The molecule has 68 valence electrons. The van der Waals surface area contributed by atoms with Gasteiger partial charge in [0.05, 0.1) is 11.5 Å². The van der Waals surface area contributed by atoms with Gasteiger partial charge >= 0.3 is 0 Å². The molecular formula is C11H19N. The summed E-state index contributed by atoms with van der Waals surface area (Å²) in [7, 11) is 0. The lowest BCUT2D eigenvalue weighted by Crippen LogP contribution is -2.13. The monoisotopic (exact) mass is 165 g/mol. The maximum atomic E-state index is 8.95. The van der Waals surface area contributed by atoms with Crippen LogP contribution in [0.4, 0.5) is 0 Å². The van der Waals surface area contributed by atoms with E-state index in [1.54, 1.807) is 0 Å². The largest absolute Gasteiger partial charge is 0.198 e. The molecule has 0 amide bonds. The van der Waals surface area contributed by atoms with Crippen LogP contribution in [0, 0.1) is 16.7 Å². The summed E-state index contributed by atoms with van der Waals surface area (Å²) in [4.78, 5) is 0. The molecule has 0 heterocycles. The second-order valence-corrected chi connectivity index (χ2v) is 3.88. The first-order valence-corrected chi connectivity index (χ1v) is 4.59. The Morgan fingerprint density at radius 1 is 1.50 bits per heavy atom. The summed E-state index contributed by atoms with van der Waals surface area (Å²) in [6.45, 7) is 10.0. The van der Waals surface area contributed by atoms with Gasteiger partial charge in [0.2, 0.25) is 0 Å². The van der Waals surface area contributed by atoms with Gasteiger partial charge in [-0.15, -0.1) is 6.58 Å². The molecule has 0 rings (SSSR count). The first-order valence-electron chi connectivity index (χ1n) is 4.59. The van der Waals surface area contributed by atoms with Gasteiger partial charge in [0, 0.05) is 0 Å². The van der Waals surface area contributed by atoms with E-state index >= 15 is 0 Å². The summed E-state index contributed by atoms with van der Waals surface area (Å²) >= 11 is 0. The summed E-state index contributed by atoms with van der Waals surface area (Å²) in [6, 6.07) is 2.39. The summed E-state index contributed by atoms with van der Waals surface area (Å²) in [5.74, 6) is 0. The Kier molecular flexibility index (Phi) is 4.66. The summed E-state index contributed by atoms with van der Waals surface area (Å²) in [6.07, 6.45) is 4.01. The van der Waals surface area contributed by atoms with Crippen molar-refractivity contribution in [3.63, 3.8) is 0 Å². The molecule has 0 aliphatic rings. The van der Waals surface area contributed by atoms with E-state index in [1.807, 2.05) is 13.8 Å². The van der Waals surface area contributed by atoms with Crippen molar-refractivity contribution < 1.29 is 0 Å². The van der Waals surface area contributed by atoms with Crippen LogP contribution < -0.4 is 0 Å². The molecule has 12 heavy (non-hydrogen) atoms. The fraction of sp³-hybridized carbons (Fsp3) is 0.727. The Labute approximate surface area is 76.1 Å². The molecular weight excluding hydrogens is 146 g/mol. The molecule has 1 unspecified atom stereocenters. The molecule has 0 aliphatic heterocycles. The number of allylic oxidation sites excluding steroid dienone is 1. The van der Waals surface area contributed by atoms with Gasteiger partial charge < -0.3 is 0 Å². The van der Waals surface area contributed by atoms with Crippen LogP contribution in [-0.2, 0) is 0 Å². The van der Waals surface area contributed by atoms with Crippen LogP contribution in [-0.4, -0.2) is 0 Å². The lowest BCUT2D eigenvalue weighted by molar-refractivity contribution is 0.369. The van der Waals surface area contributed by atoms with Crippen LogP contribution in [0.25, 0.3) is 0 Å². The number of rotatable bonds is 5. The zero-order valence-electron chi connectivity index (χ0n) is 8.48. The minimum absolute atomic E-state index is 0.131. The molecule has 0 aromatic rings. The molecule has 0 aliphatic carbocycles. The molecule has 0 N–H and O–H groups in total. The molecule has 0 bridgehead atoms. The Hall–Kier alpha value is -0.770. The third kappa shape index (κ3) is 4.18. The lowest BCUT2D eigenvalue weighted by atomic mass is 9.82. The quantitative estimate of drug-likeness (QED) is 0.570. The van der Waals surface area contributed by atoms with E-state index in [0.717, 1.165) is 25.7 Å². The van der Waals surface area contributed by atoms with Crippen LogP contribution in [0.5, 0.6) is 0 Å². The number of nitriles is 1. The lowest BCUT2D eigenvalue weighted by Gasteiger charge is -2.20. The van der Waals surface area contributed by atoms with Gasteiger partial charge in [-0.05, 0) is 33.1 Å². The van der Waals surface area contributed by atoms with Gasteiger partial charge in [-0.3, -0.25) is 0 Å². The minimum atomic E-state index is -0.131. The minimum Gasteiger partial charge on any atom is -0.198 e. The smallest absolute Gasteiger partial charge is 0.0686 e. The first-order chi connectivity index (χ1) is 5.54. The van der Waals surface area contributed by atoms with Crippen LogP contribution in [0.1, 0.15) is 46.5 Å². The van der Waals surface area contributed by atoms with Crippen LogP contribution >= 0.6 is 0 Å². The molecule has 0 radical (unpaired) electrons. The Bertz CT molecular complexity index is 188. The third-order valence-electron chi connectivity index (χ3n) is 2.18. The summed E-state index contributed by atoms with van der Waals surface area (Å²) in [5.41, 5.74) is 1.04. The molecule has 0 spiro atoms. The highest BCUT2D eigenvalue weighted by Gasteiger charge is 2.21. The van der Waals surface area contributed by atoms with E-state index in [1.165, 1.54) is 5.57 Å². The standard InChI is InChI=1S/C11H19N/c1-5-7-11(4,9-12)8-6-10(2)3/h2,5-8H2,1,3-4H3. The first kappa shape index (κ1) is 11.2. The Morgan fingerprint density at radius 3 is 2.42 bits per heavy atom. The molecule has 0 aromatic carbocycles. The summed E-state index contributed by atoms with van der Waals surface area (Å²) < 4.78 is 0. The Morgan fingerprint density at radius 2 is 2.08 bits per heavy atom. The number of nitrogens with zero attached hydrogens (tertiary/aromatic N) is 1. The molecule has 1 atom stereocenters. The van der Waals surface area contributed by atoms with Crippen molar-refractivity contribution in [2.45, 2.75) is 46.5 Å². The highest BCUT2D eigenvalue weighted by Crippen LogP contribution is 2.29. The van der Waals surface area contributed by atoms with Gasteiger partial charge in [-0.2, -0.15) is 5.26 Å². The predicted octanol–water partition coefficient (Wildman–Crippen LogP) is 3.67. The van der Waals surface area contributed by atoms with Crippen molar-refractivity contribution >= 4 is 0 Å². The van der Waals surface area contributed by atoms with Crippen molar-refractivity contribution in [2.75, 3.05) is 0 Å². The normalized spacial score (nSPS) is 14.8. The van der Waals surface area contributed by atoms with Crippen molar-refractivity contribution in [1.29, 1.82) is 5.26 Å². The molecule has 0 aromatic heterocycles. The van der Waals surface area contributed by atoms with E-state index in [2.05, 4.69) is 19.6 Å². The van der Waals surface area contributed by atoms with E-state index in [-0.39, 0.29) is 5.41 Å². The average molecular weight is 165 g/mol. The third-order valence-corrected chi connectivity index (χ3v) is 2.18. The van der Waals surface area contributed by atoms with Crippen LogP contribution in [0.3, 0.4) is 0 Å². The van der Waals surface area contributed by atoms with E-state index < -0.39 is 0 Å². The molecule has 1 nitrogen and oxygen atoms in total. The van der Waals surface area contributed by atoms with Crippen molar-refractivity contribution in [3.05, 3.63) is 12.2 Å². The zero-order valence-corrected chi connectivity index (χ0v) is 8.48. The fourth-order valence-electron chi connectivity index (χ4n) is 1.28. The molecule has 1 heteroatoms. The maximum Gasteiger partial charge on any atom is 0.0686 e. The van der Waals surface area contributed by atoms with Gasteiger partial charge in [-0.1, -0.05) is 18.9 Å². The van der Waals surface area contributed by atoms with Gasteiger partial charge in [0.1, 0.15) is 0 Å². The van der Waals surface area contributed by atoms with Gasteiger partial charge in [0.15, 0.2) is 0 Å². The number of hydrogen-bond donors (Lipinski definition) is 0.